The largest absolute Gasteiger partial charge is 0.389 e. The highest BCUT2D eigenvalue weighted by molar-refractivity contribution is 5.33. The van der Waals surface area contributed by atoms with Crippen LogP contribution in [0.15, 0.2) is 11.6 Å². The second kappa shape index (κ2) is 4.58. The highest BCUT2D eigenvalue weighted by Gasteiger charge is 2.65. The fourth-order valence-electron chi connectivity index (χ4n) is 5.08. The predicted octanol–water partition coefficient (Wildman–Crippen LogP) is 4.22. The summed E-state index contributed by atoms with van der Waals surface area (Å²) in [5, 5.41) is 10.7. The van der Waals surface area contributed by atoms with E-state index in [0.29, 0.717) is 5.92 Å². The van der Waals surface area contributed by atoms with E-state index in [1.807, 2.05) is 0 Å². The van der Waals surface area contributed by atoms with Gasteiger partial charge >= 0.3 is 0 Å². The third-order valence-electron chi connectivity index (χ3n) is 6.42. The van der Waals surface area contributed by atoms with Gasteiger partial charge in [0.2, 0.25) is 0 Å². The van der Waals surface area contributed by atoms with Crippen molar-refractivity contribution in [2.24, 2.45) is 11.3 Å². The fourth-order valence-corrected chi connectivity index (χ4v) is 5.08. The van der Waals surface area contributed by atoms with Crippen molar-refractivity contribution in [3.63, 3.8) is 0 Å². The fraction of sp³-hybridized carbons (Fsp3) is 0.889. The van der Waals surface area contributed by atoms with Crippen LogP contribution < -0.4 is 0 Å². The van der Waals surface area contributed by atoms with Gasteiger partial charge in [0.05, 0.1) is 17.3 Å². The van der Waals surface area contributed by atoms with E-state index in [1.165, 1.54) is 24.8 Å². The normalized spacial score (nSPS) is 43.9. The highest BCUT2D eigenvalue weighted by atomic mass is 16.5. The maximum Gasteiger partial charge on any atom is 0.0980 e. The summed E-state index contributed by atoms with van der Waals surface area (Å²) in [7, 11) is 0. The number of hydrogen-bond donors (Lipinski definition) is 1. The van der Waals surface area contributed by atoms with Crippen LogP contribution in [-0.2, 0) is 4.74 Å². The molecule has 2 heteroatoms. The van der Waals surface area contributed by atoms with Gasteiger partial charge in [-0.1, -0.05) is 26.3 Å². The second-order valence-electron chi connectivity index (χ2n) is 8.04. The summed E-state index contributed by atoms with van der Waals surface area (Å²) in [5.41, 5.74) is 1.20. The molecular weight excluding hydrogens is 248 g/mol. The molecule has 2 bridgehead atoms. The Morgan fingerprint density at radius 1 is 1.35 bits per heavy atom. The van der Waals surface area contributed by atoms with Crippen LogP contribution in [0.1, 0.15) is 72.6 Å². The van der Waals surface area contributed by atoms with E-state index in [9.17, 15) is 5.11 Å². The van der Waals surface area contributed by atoms with Crippen LogP contribution in [0.5, 0.6) is 0 Å². The molecule has 114 valence electrons. The van der Waals surface area contributed by atoms with Crippen molar-refractivity contribution in [2.75, 3.05) is 0 Å². The van der Waals surface area contributed by atoms with E-state index in [1.54, 1.807) is 0 Å². The Balaban J connectivity index is 2.03. The van der Waals surface area contributed by atoms with Crippen LogP contribution in [0.3, 0.4) is 0 Å². The smallest absolute Gasteiger partial charge is 0.0980 e. The van der Waals surface area contributed by atoms with E-state index in [4.69, 9.17) is 4.74 Å². The molecule has 2 fully saturated rings. The average molecular weight is 278 g/mol. The first-order valence-corrected chi connectivity index (χ1v) is 8.43. The molecule has 20 heavy (non-hydrogen) atoms. The zero-order chi connectivity index (χ0) is 14.6. The van der Waals surface area contributed by atoms with E-state index in [0.717, 1.165) is 25.7 Å². The van der Waals surface area contributed by atoms with Gasteiger partial charge < -0.3 is 9.84 Å². The molecule has 0 unspecified atom stereocenters. The van der Waals surface area contributed by atoms with Crippen molar-refractivity contribution >= 4 is 0 Å². The Labute approximate surface area is 123 Å². The van der Waals surface area contributed by atoms with E-state index in [2.05, 4.69) is 33.8 Å². The molecule has 3 rings (SSSR count). The third kappa shape index (κ3) is 1.84. The summed E-state index contributed by atoms with van der Waals surface area (Å²) in [6, 6.07) is 0. The van der Waals surface area contributed by atoms with Crippen LogP contribution >= 0.6 is 0 Å². The van der Waals surface area contributed by atoms with Gasteiger partial charge in [-0.25, -0.2) is 0 Å². The van der Waals surface area contributed by atoms with Crippen molar-refractivity contribution in [2.45, 2.75) is 89.9 Å². The topological polar surface area (TPSA) is 29.5 Å². The molecule has 1 heterocycles. The summed E-state index contributed by atoms with van der Waals surface area (Å²) >= 11 is 0. The molecule has 1 spiro atoms. The lowest BCUT2D eigenvalue weighted by Crippen LogP contribution is -2.54. The Morgan fingerprint density at radius 2 is 2.10 bits per heavy atom. The number of hydrogen-bond acceptors (Lipinski definition) is 2. The van der Waals surface area contributed by atoms with Crippen LogP contribution in [0, 0.1) is 11.3 Å². The molecule has 0 radical (unpaired) electrons. The molecule has 0 amide bonds. The molecule has 2 nitrogen and oxygen atoms in total. The Kier molecular flexibility index (Phi) is 3.34. The molecule has 1 saturated heterocycles. The monoisotopic (exact) mass is 278 g/mol. The second-order valence-corrected chi connectivity index (χ2v) is 8.04. The van der Waals surface area contributed by atoms with Crippen LogP contribution in [0.2, 0.25) is 0 Å². The molecule has 0 aromatic rings. The predicted molar refractivity (Wildman–Crippen MR) is 81.6 cm³/mol. The maximum atomic E-state index is 10.7. The first kappa shape index (κ1) is 14.6. The average Bonchev–Trinajstić information content (AvgIpc) is 2.59. The van der Waals surface area contributed by atoms with Crippen molar-refractivity contribution in [3.05, 3.63) is 11.6 Å². The number of ether oxygens (including phenoxy) is 1. The van der Waals surface area contributed by atoms with E-state index in [-0.39, 0.29) is 22.7 Å². The lowest BCUT2D eigenvalue weighted by Gasteiger charge is -2.53. The van der Waals surface area contributed by atoms with Gasteiger partial charge in [0.1, 0.15) is 0 Å². The Hall–Kier alpha value is -0.340. The Morgan fingerprint density at radius 3 is 2.80 bits per heavy atom. The quantitative estimate of drug-likeness (QED) is 0.783. The van der Waals surface area contributed by atoms with Gasteiger partial charge in [-0.15, -0.1) is 0 Å². The summed E-state index contributed by atoms with van der Waals surface area (Å²) in [5.74, 6) is 0.644. The lowest BCUT2D eigenvalue weighted by atomic mass is 9.54. The van der Waals surface area contributed by atoms with Crippen LogP contribution in [-0.4, -0.2) is 22.4 Å². The van der Waals surface area contributed by atoms with Crippen molar-refractivity contribution < 1.29 is 9.84 Å². The Bertz CT molecular complexity index is 425. The first-order valence-electron chi connectivity index (χ1n) is 8.43. The molecule has 3 aliphatic rings. The number of aliphatic hydroxyl groups is 1. The van der Waals surface area contributed by atoms with Crippen molar-refractivity contribution in [1.29, 1.82) is 0 Å². The lowest BCUT2D eigenvalue weighted by molar-refractivity contribution is -0.139. The van der Waals surface area contributed by atoms with Crippen LogP contribution in [0.4, 0.5) is 0 Å². The van der Waals surface area contributed by atoms with Gasteiger partial charge in [-0.05, 0) is 63.9 Å². The summed E-state index contributed by atoms with van der Waals surface area (Å²) < 4.78 is 6.72. The zero-order valence-electron chi connectivity index (χ0n) is 13.5. The minimum Gasteiger partial charge on any atom is -0.389 e. The molecular formula is C18H30O2. The number of rotatable bonds is 3. The molecule has 0 aromatic heterocycles. The first-order chi connectivity index (χ1) is 9.35. The third-order valence-corrected chi connectivity index (χ3v) is 6.42. The van der Waals surface area contributed by atoms with Crippen molar-refractivity contribution in [3.8, 4) is 0 Å². The highest BCUT2D eigenvalue weighted by Crippen LogP contribution is 2.65. The molecule has 0 aromatic carbocycles. The van der Waals surface area contributed by atoms with E-state index >= 15 is 0 Å². The standard InChI is InChI=1S/C18H30O2/c1-5-7-15(19)14-8-6-10-17(4)11-9-13-12-18(14,17)20-16(13,2)3/h8,13,15,19H,5-7,9-12H2,1-4H3/t13-,15+,17+,18+/m1/s1. The SMILES string of the molecule is CCC[C@H](O)C1=CCC[C@@]2(C)CC[C@@H]3C[C@]12OC3(C)C. The zero-order valence-corrected chi connectivity index (χ0v) is 13.5. The van der Waals surface area contributed by atoms with E-state index < -0.39 is 0 Å². The molecule has 1 N–H and O–H groups in total. The number of aliphatic hydroxyl groups excluding tert-OH is 1. The molecule has 2 aliphatic carbocycles. The van der Waals surface area contributed by atoms with Crippen molar-refractivity contribution in [1.82, 2.24) is 0 Å². The van der Waals surface area contributed by atoms with Crippen LogP contribution in [0.25, 0.3) is 0 Å². The minimum atomic E-state index is -0.313. The summed E-state index contributed by atoms with van der Waals surface area (Å²) in [4.78, 5) is 0. The molecule has 4 atom stereocenters. The van der Waals surface area contributed by atoms with Gasteiger partial charge in [-0.2, -0.15) is 0 Å². The summed E-state index contributed by atoms with van der Waals surface area (Å²) in [6.45, 7) is 9.04. The van der Waals surface area contributed by atoms with Gasteiger partial charge in [0.25, 0.3) is 0 Å². The molecule has 1 aliphatic heterocycles. The minimum absolute atomic E-state index is 0.0415. The van der Waals surface area contributed by atoms with Gasteiger partial charge in [-0.3, -0.25) is 0 Å². The number of allylic oxidation sites excluding steroid dienone is 1. The summed E-state index contributed by atoms with van der Waals surface area (Å²) in [6.07, 6.45) is 9.82. The number of fused-ring (bicyclic) bond motifs is 1. The van der Waals surface area contributed by atoms with Gasteiger partial charge in [0.15, 0.2) is 0 Å². The molecule has 1 saturated carbocycles. The van der Waals surface area contributed by atoms with Gasteiger partial charge in [0, 0.05) is 5.41 Å². The maximum absolute atomic E-state index is 10.7.